The highest BCUT2D eigenvalue weighted by molar-refractivity contribution is 7.09. The summed E-state index contributed by atoms with van der Waals surface area (Å²) in [6.45, 7) is 9.42. The molecule has 0 saturated heterocycles. The van der Waals surface area contributed by atoms with Crippen LogP contribution in [0.5, 0.6) is 0 Å². The van der Waals surface area contributed by atoms with Crippen molar-refractivity contribution in [2.75, 3.05) is 6.61 Å². The van der Waals surface area contributed by atoms with Crippen LogP contribution in [0.3, 0.4) is 0 Å². The highest BCUT2D eigenvalue weighted by Crippen LogP contribution is 2.31. The van der Waals surface area contributed by atoms with Crippen molar-refractivity contribution in [3.05, 3.63) is 69.8 Å². The second-order valence-electron chi connectivity index (χ2n) is 6.05. The highest BCUT2D eigenvalue weighted by atomic mass is 31.0. The van der Waals surface area contributed by atoms with Crippen LogP contribution in [0.1, 0.15) is 45.7 Å². The summed E-state index contributed by atoms with van der Waals surface area (Å²) in [7, 11) is 2.36. The van der Waals surface area contributed by atoms with E-state index in [0.717, 1.165) is 13.0 Å². The Labute approximate surface area is 131 Å². The number of rotatable bonds is 5. The van der Waals surface area contributed by atoms with E-state index in [4.69, 9.17) is 4.52 Å². The smallest absolute Gasteiger partial charge is 0.0511 e. The first-order valence-corrected chi connectivity index (χ1v) is 7.95. The van der Waals surface area contributed by atoms with Gasteiger partial charge in [-0.25, -0.2) is 0 Å². The van der Waals surface area contributed by atoms with E-state index in [9.17, 15) is 0 Å². The van der Waals surface area contributed by atoms with Crippen molar-refractivity contribution < 1.29 is 4.52 Å². The van der Waals surface area contributed by atoms with Crippen molar-refractivity contribution in [2.45, 2.75) is 40.0 Å². The van der Waals surface area contributed by atoms with Crippen molar-refractivity contribution in [2.24, 2.45) is 0 Å². The molecule has 0 aliphatic heterocycles. The molecule has 0 heterocycles. The standard InChI is InChI=1S/C19H25OP/c1-13-7-14(2)10-17(9-13)19(5-6-20-21)18-11-15(3)8-16(4)12-18/h7-12,19H,5-6,21H2,1-4H3. The molecule has 1 atom stereocenters. The third-order valence-corrected chi connectivity index (χ3v) is 4.05. The number of hydrogen-bond donors (Lipinski definition) is 0. The number of aryl methyl sites for hydroxylation is 4. The molecule has 0 N–H and O–H groups in total. The molecular weight excluding hydrogens is 275 g/mol. The first-order valence-electron chi connectivity index (χ1n) is 7.47. The summed E-state index contributed by atoms with van der Waals surface area (Å²) in [5.74, 6) is 0.391. The van der Waals surface area contributed by atoms with Crippen LogP contribution < -0.4 is 0 Å². The van der Waals surface area contributed by atoms with Crippen LogP contribution in [0.4, 0.5) is 0 Å². The van der Waals surface area contributed by atoms with Crippen molar-refractivity contribution in [3.63, 3.8) is 0 Å². The summed E-state index contributed by atoms with van der Waals surface area (Å²) in [6.07, 6.45) is 0.995. The summed E-state index contributed by atoms with van der Waals surface area (Å²) in [5, 5.41) is 0. The van der Waals surface area contributed by atoms with Crippen molar-refractivity contribution in [1.82, 2.24) is 0 Å². The fourth-order valence-corrected chi connectivity index (χ4v) is 3.27. The first-order chi connectivity index (χ1) is 9.99. The molecule has 0 fully saturated rings. The van der Waals surface area contributed by atoms with Gasteiger partial charge in [0.15, 0.2) is 0 Å². The molecule has 2 aromatic carbocycles. The topological polar surface area (TPSA) is 9.23 Å². The van der Waals surface area contributed by atoms with Gasteiger partial charge in [0.05, 0.1) is 6.61 Å². The molecule has 2 aromatic rings. The average Bonchev–Trinajstić information content (AvgIpc) is 2.37. The zero-order valence-electron chi connectivity index (χ0n) is 13.4. The lowest BCUT2D eigenvalue weighted by Gasteiger charge is -2.20. The zero-order chi connectivity index (χ0) is 15.4. The fraction of sp³-hybridized carbons (Fsp3) is 0.368. The maximum Gasteiger partial charge on any atom is 0.0511 e. The Hall–Kier alpha value is -1.17. The van der Waals surface area contributed by atoms with Gasteiger partial charge in [-0.1, -0.05) is 58.7 Å². The molecule has 0 aromatic heterocycles. The van der Waals surface area contributed by atoms with Gasteiger partial charge >= 0.3 is 0 Å². The normalized spacial score (nSPS) is 11.1. The van der Waals surface area contributed by atoms with Gasteiger partial charge in [-0.2, -0.15) is 0 Å². The molecule has 0 bridgehead atoms. The van der Waals surface area contributed by atoms with Crippen LogP contribution >= 0.6 is 9.47 Å². The average molecular weight is 300 g/mol. The molecule has 2 heteroatoms. The Bertz CT molecular complexity index is 527. The molecule has 21 heavy (non-hydrogen) atoms. The van der Waals surface area contributed by atoms with Crippen LogP contribution in [0.2, 0.25) is 0 Å². The van der Waals surface area contributed by atoms with Crippen LogP contribution in [0.15, 0.2) is 36.4 Å². The second kappa shape index (κ2) is 7.20. The van der Waals surface area contributed by atoms with Gasteiger partial charge in [-0.05, 0) is 45.2 Å². The van der Waals surface area contributed by atoms with E-state index in [1.165, 1.54) is 33.4 Å². The van der Waals surface area contributed by atoms with Crippen molar-refractivity contribution >= 4 is 9.47 Å². The predicted octanol–water partition coefficient (Wildman–Crippen LogP) is 5.25. The Morgan fingerprint density at radius 2 is 1.14 bits per heavy atom. The van der Waals surface area contributed by atoms with E-state index in [2.05, 4.69) is 73.6 Å². The van der Waals surface area contributed by atoms with E-state index in [0.29, 0.717) is 5.92 Å². The third kappa shape index (κ3) is 4.40. The zero-order valence-corrected chi connectivity index (χ0v) is 14.6. The van der Waals surface area contributed by atoms with Gasteiger partial charge in [0.1, 0.15) is 0 Å². The molecule has 0 radical (unpaired) electrons. The van der Waals surface area contributed by atoms with E-state index in [1.54, 1.807) is 0 Å². The molecule has 0 aliphatic rings. The minimum atomic E-state index is 0.391. The number of benzene rings is 2. The Morgan fingerprint density at radius 3 is 1.48 bits per heavy atom. The van der Waals surface area contributed by atoms with Crippen molar-refractivity contribution in [3.8, 4) is 0 Å². The maximum atomic E-state index is 5.25. The summed E-state index contributed by atoms with van der Waals surface area (Å²) in [6, 6.07) is 13.7. The molecule has 112 valence electrons. The van der Waals surface area contributed by atoms with Gasteiger partial charge in [0.2, 0.25) is 0 Å². The number of hydrogen-bond acceptors (Lipinski definition) is 1. The van der Waals surface area contributed by atoms with E-state index in [-0.39, 0.29) is 0 Å². The molecular formula is C19H25OP. The molecule has 1 nitrogen and oxygen atoms in total. The van der Waals surface area contributed by atoms with Gasteiger partial charge in [0.25, 0.3) is 0 Å². The SMILES string of the molecule is Cc1cc(C)cc(C(CCOP)c2cc(C)cc(C)c2)c1. The van der Waals surface area contributed by atoms with E-state index in [1.807, 2.05) is 0 Å². The van der Waals surface area contributed by atoms with Crippen LogP contribution in [0.25, 0.3) is 0 Å². The van der Waals surface area contributed by atoms with Crippen LogP contribution in [-0.2, 0) is 4.52 Å². The molecule has 0 saturated carbocycles. The quantitative estimate of drug-likeness (QED) is 0.685. The molecule has 0 amide bonds. The Kier molecular flexibility index (Phi) is 5.56. The molecule has 0 aliphatic carbocycles. The van der Waals surface area contributed by atoms with Gasteiger partial charge in [-0.3, -0.25) is 0 Å². The second-order valence-corrected chi connectivity index (χ2v) is 6.39. The summed E-state index contributed by atoms with van der Waals surface area (Å²) >= 11 is 0. The lowest BCUT2D eigenvalue weighted by molar-refractivity contribution is 0.353. The monoisotopic (exact) mass is 300 g/mol. The predicted molar refractivity (Wildman–Crippen MR) is 94.0 cm³/mol. The van der Waals surface area contributed by atoms with Gasteiger partial charge in [-0.15, -0.1) is 0 Å². The summed E-state index contributed by atoms with van der Waals surface area (Å²) in [5.41, 5.74) is 8.08. The molecule has 0 spiro atoms. The van der Waals surface area contributed by atoms with Gasteiger partial charge < -0.3 is 4.52 Å². The van der Waals surface area contributed by atoms with Gasteiger partial charge in [0, 0.05) is 15.4 Å². The lowest BCUT2D eigenvalue weighted by atomic mass is 9.86. The minimum absolute atomic E-state index is 0.391. The fourth-order valence-electron chi connectivity index (χ4n) is 3.13. The van der Waals surface area contributed by atoms with Crippen LogP contribution in [-0.4, -0.2) is 6.61 Å². The lowest BCUT2D eigenvalue weighted by Crippen LogP contribution is -2.06. The van der Waals surface area contributed by atoms with E-state index >= 15 is 0 Å². The highest BCUT2D eigenvalue weighted by Gasteiger charge is 2.15. The minimum Gasteiger partial charge on any atom is -0.366 e. The van der Waals surface area contributed by atoms with Crippen LogP contribution in [0, 0.1) is 27.7 Å². The Balaban J connectivity index is 2.46. The largest absolute Gasteiger partial charge is 0.366 e. The molecule has 1 unspecified atom stereocenters. The summed E-state index contributed by atoms with van der Waals surface area (Å²) in [4.78, 5) is 0. The molecule has 2 rings (SSSR count). The Morgan fingerprint density at radius 1 is 0.762 bits per heavy atom. The van der Waals surface area contributed by atoms with E-state index < -0.39 is 0 Å². The van der Waals surface area contributed by atoms with Crippen molar-refractivity contribution in [1.29, 1.82) is 0 Å². The maximum absolute atomic E-state index is 5.25. The third-order valence-electron chi connectivity index (χ3n) is 3.82. The summed E-state index contributed by atoms with van der Waals surface area (Å²) < 4.78 is 5.25. The first kappa shape index (κ1) is 16.2.